The van der Waals surface area contributed by atoms with E-state index in [9.17, 15) is 13.2 Å². The minimum atomic E-state index is -1.57. The molecule has 0 saturated carbocycles. The predicted molar refractivity (Wildman–Crippen MR) is 37.4 cm³/mol. The van der Waals surface area contributed by atoms with Crippen molar-refractivity contribution in [3.63, 3.8) is 0 Å². The minimum absolute atomic E-state index is 0.574. The van der Waals surface area contributed by atoms with E-state index in [1.165, 1.54) is 6.07 Å². The SMILES string of the molecule is Cc1c(F)c(O)c(F)c(C#N)c1F. The Bertz CT molecular complexity index is 380. The van der Waals surface area contributed by atoms with Crippen molar-refractivity contribution in [2.75, 3.05) is 0 Å². The molecule has 0 bridgehead atoms. The third-order valence-corrected chi connectivity index (χ3v) is 1.63. The van der Waals surface area contributed by atoms with Gasteiger partial charge in [-0.15, -0.1) is 0 Å². The van der Waals surface area contributed by atoms with Crippen LogP contribution < -0.4 is 0 Å². The van der Waals surface area contributed by atoms with Crippen molar-refractivity contribution < 1.29 is 18.3 Å². The Morgan fingerprint density at radius 1 is 1.15 bits per heavy atom. The summed E-state index contributed by atoms with van der Waals surface area (Å²) in [4.78, 5) is 0. The number of nitrogens with zero attached hydrogens (tertiary/aromatic N) is 1. The summed E-state index contributed by atoms with van der Waals surface area (Å²) in [6.07, 6.45) is 0. The highest BCUT2D eigenvalue weighted by molar-refractivity contribution is 5.44. The molecule has 0 fully saturated rings. The van der Waals surface area contributed by atoms with E-state index < -0.39 is 34.3 Å². The Kier molecular flexibility index (Phi) is 2.15. The molecule has 1 aromatic carbocycles. The Balaban J connectivity index is 3.69. The van der Waals surface area contributed by atoms with Crippen molar-refractivity contribution >= 4 is 0 Å². The molecule has 68 valence electrons. The number of nitriles is 1. The van der Waals surface area contributed by atoms with Crippen molar-refractivity contribution in [2.45, 2.75) is 6.92 Å². The van der Waals surface area contributed by atoms with E-state index in [4.69, 9.17) is 10.4 Å². The molecule has 0 aromatic heterocycles. The van der Waals surface area contributed by atoms with Crippen LogP contribution in [0.2, 0.25) is 0 Å². The van der Waals surface area contributed by atoms with Gasteiger partial charge < -0.3 is 5.11 Å². The maximum atomic E-state index is 12.9. The summed E-state index contributed by atoms with van der Waals surface area (Å²) in [7, 11) is 0. The largest absolute Gasteiger partial charge is 0.503 e. The van der Waals surface area contributed by atoms with Crippen molar-refractivity contribution in [3.8, 4) is 11.8 Å². The van der Waals surface area contributed by atoms with Crippen LogP contribution in [0.3, 0.4) is 0 Å². The molecule has 0 aliphatic rings. The Morgan fingerprint density at radius 3 is 2.15 bits per heavy atom. The fourth-order valence-corrected chi connectivity index (χ4v) is 0.871. The first-order valence-electron chi connectivity index (χ1n) is 3.26. The molecule has 13 heavy (non-hydrogen) atoms. The molecular formula is C8H4F3NO. The van der Waals surface area contributed by atoms with Crippen molar-refractivity contribution in [1.82, 2.24) is 0 Å². The summed E-state index contributed by atoms with van der Waals surface area (Å²) >= 11 is 0. The number of hydrogen-bond donors (Lipinski definition) is 1. The fraction of sp³-hybridized carbons (Fsp3) is 0.125. The molecule has 1 aromatic rings. The zero-order valence-corrected chi connectivity index (χ0v) is 6.53. The molecule has 0 heterocycles. The molecule has 0 aliphatic carbocycles. The number of rotatable bonds is 0. The molecule has 5 heteroatoms. The maximum Gasteiger partial charge on any atom is 0.189 e. The highest BCUT2D eigenvalue weighted by atomic mass is 19.1. The second kappa shape index (κ2) is 2.98. The van der Waals surface area contributed by atoms with Gasteiger partial charge in [-0.05, 0) is 6.92 Å². The summed E-state index contributed by atoms with van der Waals surface area (Å²) in [6.45, 7) is 1.00. The molecule has 0 saturated heterocycles. The lowest BCUT2D eigenvalue weighted by molar-refractivity contribution is 0.386. The van der Waals surface area contributed by atoms with Gasteiger partial charge >= 0.3 is 0 Å². The maximum absolute atomic E-state index is 12.9. The second-order valence-electron chi connectivity index (χ2n) is 2.40. The van der Waals surface area contributed by atoms with Crippen LogP contribution in [0.5, 0.6) is 5.75 Å². The first-order valence-corrected chi connectivity index (χ1v) is 3.26. The Labute approximate surface area is 71.8 Å². The molecule has 0 radical (unpaired) electrons. The molecule has 1 rings (SSSR count). The number of halogens is 3. The zero-order valence-electron chi connectivity index (χ0n) is 6.53. The molecule has 2 nitrogen and oxygen atoms in total. The standard InChI is InChI=1S/C8H4F3NO/c1-3-5(9)4(2-12)7(11)8(13)6(3)10/h13H,1H3. The van der Waals surface area contributed by atoms with Gasteiger partial charge in [0.25, 0.3) is 0 Å². The van der Waals surface area contributed by atoms with E-state index in [0.29, 0.717) is 0 Å². The quantitative estimate of drug-likeness (QED) is 0.674. The molecule has 0 amide bonds. The van der Waals surface area contributed by atoms with Crippen molar-refractivity contribution in [2.24, 2.45) is 0 Å². The van der Waals surface area contributed by atoms with Crippen LogP contribution in [0, 0.1) is 35.7 Å². The predicted octanol–water partition coefficient (Wildman–Crippen LogP) is 1.99. The topological polar surface area (TPSA) is 44.0 Å². The first-order chi connectivity index (χ1) is 6.00. The molecule has 1 N–H and O–H groups in total. The van der Waals surface area contributed by atoms with Gasteiger partial charge in [-0.3, -0.25) is 0 Å². The average Bonchev–Trinajstić information content (AvgIpc) is 2.13. The first kappa shape index (κ1) is 9.39. The zero-order chi connectivity index (χ0) is 10.2. The number of phenols is 1. The highest BCUT2D eigenvalue weighted by Gasteiger charge is 2.21. The highest BCUT2D eigenvalue weighted by Crippen LogP contribution is 2.28. The van der Waals surface area contributed by atoms with E-state index in [1.807, 2.05) is 0 Å². The van der Waals surface area contributed by atoms with Gasteiger partial charge in [0, 0.05) is 5.56 Å². The van der Waals surface area contributed by atoms with Crippen LogP contribution in [-0.4, -0.2) is 5.11 Å². The van der Waals surface area contributed by atoms with Gasteiger partial charge in [0.1, 0.15) is 17.4 Å². The summed E-state index contributed by atoms with van der Waals surface area (Å²) in [5.74, 6) is -5.55. The average molecular weight is 187 g/mol. The van der Waals surface area contributed by atoms with Gasteiger partial charge in [-0.2, -0.15) is 5.26 Å². The van der Waals surface area contributed by atoms with E-state index >= 15 is 0 Å². The molecule has 0 aliphatic heterocycles. The van der Waals surface area contributed by atoms with E-state index in [0.717, 1.165) is 6.92 Å². The lowest BCUT2D eigenvalue weighted by Crippen LogP contribution is -1.98. The molecule has 0 atom stereocenters. The molecular weight excluding hydrogens is 183 g/mol. The van der Waals surface area contributed by atoms with Gasteiger partial charge in [-0.1, -0.05) is 0 Å². The van der Waals surface area contributed by atoms with Gasteiger partial charge in [-0.25, -0.2) is 13.2 Å². The fourth-order valence-electron chi connectivity index (χ4n) is 0.871. The van der Waals surface area contributed by atoms with Gasteiger partial charge in [0.2, 0.25) is 0 Å². The summed E-state index contributed by atoms with van der Waals surface area (Å²) < 4.78 is 38.4. The van der Waals surface area contributed by atoms with Crippen molar-refractivity contribution in [1.29, 1.82) is 5.26 Å². The molecule has 0 spiro atoms. The number of hydrogen-bond acceptors (Lipinski definition) is 2. The minimum Gasteiger partial charge on any atom is -0.503 e. The van der Waals surface area contributed by atoms with Crippen molar-refractivity contribution in [3.05, 3.63) is 28.6 Å². The van der Waals surface area contributed by atoms with E-state index in [1.54, 1.807) is 0 Å². The van der Waals surface area contributed by atoms with Crippen LogP contribution in [-0.2, 0) is 0 Å². The number of phenolic OH excluding ortho intramolecular Hbond substituents is 1. The third kappa shape index (κ3) is 1.20. The Morgan fingerprint density at radius 2 is 1.69 bits per heavy atom. The summed E-state index contributed by atoms with van der Waals surface area (Å²) in [6, 6.07) is 1.20. The van der Waals surface area contributed by atoms with Crippen LogP contribution in [0.25, 0.3) is 0 Å². The van der Waals surface area contributed by atoms with Crippen LogP contribution in [0.1, 0.15) is 11.1 Å². The molecule has 0 unspecified atom stereocenters. The number of aromatic hydroxyl groups is 1. The Hall–Kier alpha value is -1.70. The summed E-state index contributed by atoms with van der Waals surface area (Å²) in [5, 5.41) is 17.0. The monoisotopic (exact) mass is 187 g/mol. The second-order valence-corrected chi connectivity index (χ2v) is 2.40. The smallest absolute Gasteiger partial charge is 0.189 e. The van der Waals surface area contributed by atoms with Gasteiger partial charge in [0.05, 0.1) is 0 Å². The summed E-state index contributed by atoms with van der Waals surface area (Å²) in [5.41, 5.74) is -1.55. The van der Waals surface area contributed by atoms with E-state index in [2.05, 4.69) is 0 Å². The van der Waals surface area contributed by atoms with Crippen LogP contribution in [0.4, 0.5) is 13.2 Å². The lowest BCUT2D eigenvalue weighted by atomic mass is 10.1. The number of benzene rings is 1. The van der Waals surface area contributed by atoms with Gasteiger partial charge in [0.15, 0.2) is 17.4 Å². The van der Waals surface area contributed by atoms with Crippen LogP contribution in [0.15, 0.2) is 0 Å². The lowest BCUT2D eigenvalue weighted by Gasteiger charge is -2.04. The van der Waals surface area contributed by atoms with Crippen LogP contribution >= 0.6 is 0 Å². The third-order valence-electron chi connectivity index (χ3n) is 1.63. The normalized spacial score (nSPS) is 9.77. The van der Waals surface area contributed by atoms with E-state index in [-0.39, 0.29) is 0 Å².